The van der Waals surface area contributed by atoms with Crippen molar-refractivity contribution in [3.63, 3.8) is 0 Å². The Balaban J connectivity index is 1.45. The third-order valence-electron chi connectivity index (χ3n) is 10.8. The summed E-state index contributed by atoms with van der Waals surface area (Å²) in [6.45, 7) is 7.17. The first-order valence-corrected chi connectivity index (χ1v) is 18.2. The second-order valence-electron chi connectivity index (χ2n) is 13.5. The van der Waals surface area contributed by atoms with E-state index in [-0.39, 0.29) is 10.8 Å². The Kier molecular flexibility index (Phi) is 8.13. The third kappa shape index (κ3) is 4.66. The van der Waals surface area contributed by atoms with Gasteiger partial charge < -0.3 is 0 Å². The molecule has 3 atom stereocenters. The Bertz CT molecular complexity index is 1770. The van der Waals surface area contributed by atoms with Crippen molar-refractivity contribution in [3.05, 3.63) is 139 Å². The molecule has 2 heteroatoms. The van der Waals surface area contributed by atoms with Crippen molar-refractivity contribution in [2.24, 2.45) is 5.92 Å². The molecule has 4 aromatic rings. The molecule has 0 aliphatic heterocycles. The fraction of sp³-hybridized carbons (Fsp3) is 0.333. The normalized spacial score (nSPS) is 23.0. The van der Waals surface area contributed by atoms with Crippen LogP contribution in [0.25, 0.3) is 22.3 Å². The molecule has 0 heterocycles. The van der Waals surface area contributed by atoms with Crippen LogP contribution in [0, 0.1) is 5.92 Å². The Hall–Kier alpha value is -2.68. The molecule has 0 N–H and O–H groups in total. The Labute approximate surface area is 281 Å². The average Bonchev–Trinajstić information content (AvgIpc) is 3.47. The lowest BCUT2D eigenvalue weighted by Gasteiger charge is -2.38. The SMILES string of the molecule is CCCCCCCCC1(C)c2ccccc2-c2cc3c(cc21)-c1ccccc1C3(C1=CC=C(Br)C(C)C1)c1ccc(Br)cc1. The van der Waals surface area contributed by atoms with Crippen molar-refractivity contribution in [1.82, 2.24) is 0 Å². The number of halogens is 2. The number of benzene rings is 4. The highest BCUT2D eigenvalue weighted by Crippen LogP contribution is 2.62. The molecular weight excluding hydrogens is 664 g/mol. The van der Waals surface area contributed by atoms with E-state index in [0.717, 1.165) is 10.9 Å². The molecule has 3 unspecified atom stereocenters. The lowest BCUT2D eigenvalue weighted by Crippen LogP contribution is -2.31. The third-order valence-corrected chi connectivity index (χ3v) is 12.4. The molecule has 7 rings (SSSR count). The van der Waals surface area contributed by atoms with Crippen molar-refractivity contribution in [2.45, 2.75) is 83.0 Å². The molecule has 3 aliphatic carbocycles. The zero-order chi connectivity index (χ0) is 30.5. The molecule has 0 nitrogen and oxygen atoms in total. The molecule has 0 radical (unpaired) electrons. The van der Waals surface area contributed by atoms with Gasteiger partial charge in [-0.15, -0.1) is 0 Å². The molecule has 0 fully saturated rings. The summed E-state index contributed by atoms with van der Waals surface area (Å²) >= 11 is 7.58. The van der Waals surface area contributed by atoms with E-state index in [1.165, 1.54) is 105 Å². The Morgan fingerprint density at radius 1 is 0.659 bits per heavy atom. The van der Waals surface area contributed by atoms with Crippen LogP contribution >= 0.6 is 31.9 Å². The van der Waals surface area contributed by atoms with E-state index in [4.69, 9.17) is 0 Å². The van der Waals surface area contributed by atoms with Crippen molar-refractivity contribution in [2.75, 3.05) is 0 Å². The van der Waals surface area contributed by atoms with Gasteiger partial charge in [0.1, 0.15) is 0 Å². The van der Waals surface area contributed by atoms with Crippen LogP contribution in [0.3, 0.4) is 0 Å². The predicted octanol–water partition coefficient (Wildman–Crippen LogP) is 13.0. The second-order valence-corrected chi connectivity index (χ2v) is 15.3. The summed E-state index contributed by atoms with van der Waals surface area (Å²) in [6.07, 6.45) is 14.9. The minimum atomic E-state index is -0.340. The largest absolute Gasteiger partial charge is 0.0676 e. The van der Waals surface area contributed by atoms with Gasteiger partial charge in [-0.25, -0.2) is 0 Å². The van der Waals surface area contributed by atoms with Crippen LogP contribution in [-0.4, -0.2) is 0 Å². The van der Waals surface area contributed by atoms with Gasteiger partial charge >= 0.3 is 0 Å². The summed E-state index contributed by atoms with van der Waals surface area (Å²) in [5.41, 5.74) is 14.0. The van der Waals surface area contributed by atoms with Crippen LogP contribution in [0.1, 0.15) is 100.0 Å². The van der Waals surface area contributed by atoms with Crippen LogP contribution in [0.5, 0.6) is 0 Å². The van der Waals surface area contributed by atoms with Gasteiger partial charge in [0.25, 0.3) is 0 Å². The summed E-state index contributed by atoms with van der Waals surface area (Å²) in [4.78, 5) is 0. The number of rotatable bonds is 9. The lowest BCUT2D eigenvalue weighted by molar-refractivity contribution is 0.481. The smallest absolute Gasteiger partial charge is 0.0654 e. The second kappa shape index (κ2) is 11.9. The first-order chi connectivity index (χ1) is 21.4. The summed E-state index contributed by atoms with van der Waals surface area (Å²) in [5.74, 6) is 0.439. The number of hydrogen-bond donors (Lipinski definition) is 0. The van der Waals surface area contributed by atoms with Gasteiger partial charge in [0.15, 0.2) is 0 Å². The van der Waals surface area contributed by atoms with E-state index < -0.39 is 0 Å². The maximum Gasteiger partial charge on any atom is 0.0676 e. The van der Waals surface area contributed by atoms with Gasteiger partial charge in [0.2, 0.25) is 0 Å². The van der Waals surface area contributed by atoms with Crippen molar-refractivity contribution < 1.29 is 0 Å². The lowest BCUT2D eigenvalue weighted by atomic mass is 9.64. The van der Waals surface area contributed by atoms with Gasteiger partial charge in [0, 0.05) is 9.89 Å². The first-order valence-electron chi connectivity index (χ1n) is 16.6. The molecule has 4 aromatic carbocycles. The fourth-order valence-electron chi connectivity index (χ4n) is 8.53. The summed E-state index contributed by atoms with van der Waals surface area (Å²) in [7, 11) is 0. The monoisotopic (exact) mass is 704 g/mol. The van der Waals surface area contributed by atoms with Crippen molar-refractivity contribution in [3.8, 4) is 22.3 Å². The van der Waals surface area contributed by atoms with Gasteiger partial charge in [-0.05, 0) is 97.6 Å². The first kappa shape index (κ1) is 30.0. The van der Waals surface area contributed by atoms with Crippen LogP contribution in [-0.2, 0) is 10.8 Å². The number of hydrogen-bond acceptors (Lipinski definition) is 0. The maximum absolute atomic E-state index is 3.86. The molecule has 3 aliphatic rings. The zero-order valence-corrected chi connectivity index (χ0v) is 29.4. The van der Waals surface area contributed by atoms with E-state index in [0.29, 0.717) is 5.92 Å². The van der Waals surface area contributed by atoms with Gasteiger partial charge in [0.05, 0.1) is 5.41 Å². The van der Waals surface area contributed by atoms with Gasteiger partial charge in [-0.1, -0.05) is 170 Å². The minimum absolute atomic E-state index is 0.0236. The Morgan fingerprint density at radius 2 is 1.27 bits per heavy atom. The highest BCUT2D eigenvalue weighted by molar-refractivity contribution is 9.11. The number of allylic oxidation sites excluding steroid dienone is 4. The molecule has 0 spiro atoms. The Morgan fingerprint density at radius 3 is 2.00 bits per heavy atom. The fourth-order valence-corrected chi connectivity index (χ4v) is 9.09. The molecule has 0 saturated carbocycles. The van der Waals surface area contributed by atoms with Crippen molar-refractivity contribution in [1.29, 1.82) is 0 Å². The van der Waals surface area contributed by atoms with Crippen LogP contribution < -0.4 is 0 Å². The van der Waals surface area contributed by atoms with Crippen molar-refractivity contribution >= 4 is 31.9 Å². The number of unbranched alkanes of at least 4 members (excludes halogenated alkanes) is 5. The van der Waals surface area contributed by atoms with Gasteiger partial charge in [-0.3, -0.25) is 0 Å². The maximum atomic E-state index is 3.86. The molecule has 44 heavy (non-hydrogen) atoms. The summed E-state index contributed by atoms with van der Waals surface area (Å²) < 4.78 is 2.40. The van der Waals surface area contributed by atoms with E-state index in [1.54, 1.807) is 0 Å². The molecule has 0 saturated heterocycles. The zero-order valence-electron chi connectivity index (χ0n) is 26.2. The minimum Gasteiger partial charge on any atom is -0.0654 e. The van der Waals surface area contributed by atoms with E-state index >= 15 is 0 Å². The molecule has 0 amide bonds. The standard InChI is InChI=1S/C42H42Br2/c1-4-5-6-7-8-13-24-41(3)36-16-11-9-14-32(36)34-27-39-35(26-38(34)41)33-15-10-12-17-37(33)42(39,29-18-21-31(43)22-19-29)30-20-23-40(44)28(2)25-30/h9-12,14-23,26-28H,4-8,13,24-25H2,1-3H3. The van der Waals surface area contributed by atoms with E-state index in [2.05, 4.69) is 150 Å². The molecule has 224 valence electrons. The van der Waals surface area contributed by atoms with Crippen LogP contribution in [0.15, 0.2) is 112 Å². The molecule has 0 aromatic heterocycles. The summed E-state index contributed by atoms with van der Waals surface area (Å²) in [6, 6.07) is 32.8. The van der Waals surface area contributed by atoms with Crippen LogP contribution in [0.4, 0.5) is 0 Å². The highest BCUT2D eigenvalue weighted by Gasteiger charge is 2.50. The van der Waals surface area contributed by atoms with Crippen LogP contribution in [0.2, 0.25) is 0 Å². The topological polar surface area (TPSA) is 0 Å². The van der Waals surface area contributed by atoms with E-state index in [1.807, 2.05) is 0 Å². The van der Waals surface area contributed by atoms with Gasteiger partial charge in [-0.2, -0.15) is 0 Å². The number of fused-ring (bicyclic) bond motifs is 6. The molecular formula is C42H42Br2. The summed E-state index contributed by atoms with van der Waals surface area (Å²) in [5, 5.41) is 0. The quantitative estimate of drug-likeness (QED) is 0.152. The average molecular weight is 707 g/mol. The predicted molar refractivity (Wildman–Crippen MR) is 195 cm³/mol. The molecule has 0 bridgehead atoms. The highest BCUT2D eigenvalue weighted by atomic mass is 79.9. The van der Waals surface area contributed by atoms with E-state index in [9.17, 15) is 0 Å².